The molecule has 36 heavy (non-hydrogen) atoms. The van der Waals surface area contributed by atoms with Gasteiger partial charge in [-0.15, -0.1) is 0 Å². The van der Waals surface area contributed by atoms with Gasteiger partial charge in [0.05, 0.1) is 0 Å². The van der Waals surface area contributed by atoms with Crippen LogP contribution >= 0.6 is 15.9 Å². The van der Waals surface area contributed by atoms with Gasteiger partial charge in [0, 0.05) is 4.47 Å². The maximum absolute atomic E-state index is 3.83. The van der Waals surface area contributed by atoms with E-state index in [4.69, 9.17) is 0 Å². The summed E-state index contributed by atoms with van der Waals surface area (Å²) >= 11 is 3.83. The van der Waals surface area contributed by atoms with Crippen molar-refractivity contribution in [3.8, 4) is 0 Å². The van der Waals surface area contributed by atoms with Crippen LogP contribution in [-0.2, 0) is 5.41 Å². The number of benzene rings is 1. The Kier molecular flexibility index (Phi) is 5.12. The fraction of sp³-hybridized carbons (Fsp3) is 0.829. The third-order valence-electron chi connectivity index (χ3n) is 14.5. The normalized spacial score (nSPS) is 52.3. The molecule has 0 saturated heterocycles. The van der Waals surface area contributed by atoms with E-state index < -0.39 is 0 Å². The molecule has 1 heteroatoms. The van der Waals surface area contributed by atoms with Gasteiger partial charge in [-0.05, 0) is 145 Å². The molecule has 0 heterocycles. The lowest BCUT2D eigenvalue weighted by Crippen LogP contribution is -2.70. The molecule has 0 N–H and O–H groups in total. The topological polar surface area (TPSA) is 0 Å². The summed E-state index contributed by atoms with van der Waals surface area (Å²) in [6, 6.07) is 7.54. The van der Waals surface area contributed by atoms with E-state index in [-0.39, 0.29) is 0 Å². The number of aryl methyl sites for hydroxylation is 1. The summed E-state index contributed by atoms with van der Waals surface area (Å²) in [6.45, 7) is 12.6. The largest absolute Gasteiger partial charge is 0.0649 e. The summed E-state index contributed by atoms with van der Waals surface area (Å²) < 4.78 is 1.29. The molecule has 0 aromatic heterocycles. The van der Waals surface area contributed by atoms with Gasteiger partial charge in [0.1, 0.15) is 0 Å². The first-order chi connectivity index (χ1) is 17.1. The van der Waals surface area contributed by atoms with Gasteiger partial charge in [0.2, 0.25) is 0 Å². The summed E-state index contributed by atoms with van der Waals surface area (Å²) in [5, 5.41) is 0. The van der Waals surface area contributed by atoms with E-state index in [0.29, 0.717) is 37.9 Å². The van der Waals surface area contributed by atoms with Crippen molar-refractivity contribution in [3.63, 3.8) is 0 Å². The van der Waals surface area contributed by atoms with Crippen molar-refractivity contribution in [2.45, 2.75) is 143 Å². The number of halogens is 1. The highest BCUT2D eigenvalue weighted by atomic mass is 79.9. The molecule has 8 aliphatic rings. The highest BCUT2D eigenvalue weighted by Gasteiger charge is 2.75. The van der Waals surface area contributed by atoms with Crippen LogP contribution in [0.25, 0.3) is 0 Å². The second-order valence-corrected chi connectivity index (χ2v) is 17.1. The molecule has 8 aliphatic carbocycles. The second kappa shape index (κ2) is 7.46. The molecule has 198 valence electrons. The molecular formula is C35H51Br. The quantitative estimate of drug-likeness (QED) is 0.330. The van der Waals surface area contributed by atoms with Crippen LogP contribution in [-0.4, -0.2) is 0 Å². The Morgan fingerprint density at radius 2 is 1.17 bits per heavy atom. The van der Waals surface area contributed by atoms with Gasteiger partial charge in [-0.2, -0.15) is 0 Å². The Balaban J connectivity index is 1.42. The summed E-state index contributed by atoms with van der Waals surface area (Å²) in [4.78, 5) is 0. The molecule has 0 radical (unpaired) electrons. The zero-order chi connectivity index (χ0) is 25.2. The maximum atomic E-state index is 3.83. The number of hydrogen-bond acceptors (Lipinski definition) is 0. The van der Waals surface area contributed by atoms with Gasteiger partial charge >= 0.3 is 0 Å². The minimum atomic E-state index is 0.411. The van der Waals surface area contributed by atoms with Gasteiger partial charge in [-0.3, -0.25) is 0 Å². The first-order valence-electron chi connectivity index (χ1n) is 15.8. The third-order valence-corrected chi connectivity index (χ3v) is 15.4. The molecule has 0 amide bonds. The minimum Gasteiger partial charge on any atom is -0.0649 e. The van der Waals surface area contributed by atoms with Gasteiger partial charge in [0.15, 0.2) is 0 Å². The maximum Gasteiger partial charge on any atom is 0.0204 e. The Morgan fingerprint density at radius 3 is 1.69 bits per heavy atom. The van der Waals surface area contributed by atoms with E-state index in [2.05, 4.69) is 68.7 Å². The lowest BCUT2D eigenvalue weighted by atomic mass is 9.25. The Morgan fingerprint density at radius 1 is 0.639 bits per heavy atom. The lowest BCUT2D eigenvalue weighted by molar-refractivity contribution is -0.281. The molecule has 4 atom stereocenters. The van der Waals surface area contributed by atoms with Crippen molar-refractivity contribution in [1.82, 2.24) is 0 Å². The standard InChI is InChI=1S/C35H51Br/c1-6-29-13-26-14-30(7-2,16-29)21-34(15-26,20-29)35-22-31(8-3)17-32(9-4,23-35)19-33(18-31,24-35)27-10-11-28(36)25(5)12-27/h10-12,26H,6-9,13-24H2,1-5H3. The van der Waals surface area contributed by atoms with Crippen LogP contribution in [0.2, 0.25) is 0 Å². The lowest BCUT2D eigenvalue weighted by Gasteiger charge is -2.79. The predicted octanol–water partition coefficient (Wildman–Crippen LogP) is 10.9. The highest BCUT2D eigenvalue weighted by molar-refractivity contribution is 9.10. The van der Waals surface area contributed by atoms with Gasteiger partial charge in [0.25, 0.3) is 0 Å². The second-order valence-electron chi connectivity index (χ2n) is 16.3. The highest BCUT2D eigenvalue weighted by Crippen LogP contribution is 2.85. The van der Waals surface area contributed by atoms with Crippen molar-refractivity contribution < 1.29 is 0 Å². The summed E-state index contributed by atoms with van der Waals surface area (Å²) in [7, 11) is 0. The van der Waals surface area contributed by atoms with Crippen molar-refractivity contribution >= 4 is 15.9 Å². The summed E-state index contributed by atoms with van der Waals surface area (Å²) in [5.74, 6) is 1.02. The van der Waals surface area contributed by atoms with Crippen LogP contribution in [0.4, 0.5) is 0 Å². The molecule has 9 rings (SSSR count). The van der Waals surface area contributed by atoms with E-state index in [9.17, 15) is 0 Å². The van der Waals surface area contributed by atoms with Crippen LogP contribution in [0.5, 0.6) is 0 Å². The van der Waals surface area contributed by atoms with Crippen LogP contribution in [0.15, 0.2) is 22.7 Å². The Labute approximate surface area is 230 Å². The van der Waals surface area contributed by atoms with Crippen LogP contribution in [0.1, 0.15) is 142 Å². The minimum absolute atomic E-state index is 0.411. The molecule has 0 nitrogen and oxygen atoms in total. The van der Waals surface area contributed by atoms with Gasteiger partial charge in [-0.1, -0.05) is 81.4 Å². The van der Waals surface area contributed by atoms with E-state index in [1.807, 2.05) is 0 Å². The molecule has 0 aliphatic heterocycles. The zero-order valence-electron chi connectivity index (χ0n) is 24.0. The molecular weight excluding hydrogens is 500 g/mol. The third kappa shape index (κ3) is 3.05. The Bertz CT molecular complexity index is 1040. The smallest absolute Gasteiger partial charge is 0.0204 e. The van der Waals surface area contributed by atoms with Crippen molar-refractivity contribution in [1.29, 1.82) is 0 Å². The molecule has 1 aromatic rings. The first kappa shape index (κ1) is 24.7. The predicted molar refractivity (Wildman–Crippen MR) is 155 cm³/mol. The average molecular weight is 552 g/mol. The van der Waals surface area contributed by atoms with E-state index in [1.54, 1.807) is 56.9 Å². The fourth-order valence-electron chi connectivity index (χ4n) is 13.9. The molecule has 1 aromatic carbocycles. The van der Waals surface area contributed by atoms with Gasteiger partial charge < -0.3 is 0 Å². The molecule has 8 fully saturated rings. The Hall–Kier alpha value is -0.300. The van der Waals surface area contributed by atoms with Crippen molar-refractivity contribution in [3.05, 3.63) is 33.8 Å². The van der Waals surface area contributed by atoms with E-state index in [0.717, 1.165) is 5.92 Å². The number of hydrogen-bond donors (Lipinski definition) is 0. The van der Waals surface area contributed by atoms with Crippen LogP contribution in [0.3, 0.4) is 0 Å². The summed E-state index contributed by atoms with van der Waals surface area (Å²) in [6.07, 6.45) is 24.3. The molecule has 4 unspecified atom stereocenters. The van der Waals surface area contributed by atoms with Crippen molar-refractivity contribution in [2.24, 2.45) is 38.4 Å². The van der Waals surface area contributed by atoms with E-state index >= 15 is 0 Å². The SMILES string of the molecule is CCC12CC3CC(CC)(C1)CC(C14CC5(CC)CC(CC)(CC(c6ccc(Br)c(C)c6)(C5)C1)C4)(C3)C2. The summed E-state index contributed by atoms with van der Waals surface area (Å²) in [5.41, 5.74) is 7.25. The van der Waals surface area contributed by atoms with Crippen molar-refractivity contribution in [2.75, 3.05) is 0 Å². The monoisotopic (exact) mass is 550 g/mol. The van der Waals surface area contributed by atoms with E-state index in [1.165, 1.54) is 61.4 Å². The fourth-order valence-corrected chi connectivity index (χ4v) is 14.1. The molecule has 0 spiro atoms. The van der Waals surface area contributed by atoms with Crippen LogP contribution < -0.4 is 0 Å². The zero-order valence-corrected chi connectivity index (χ0v) is 25.6. The molecule has 8 bridgehead atoms. The van der Waals surface area contributed by atoms with Gasteiger partial charge in [-0.25, -0.2) is 0 Å². The van der Waals surface area contributed by atoms with Crippen LogP contribution in [0, 0.1) is 45.3 Å². The number of rotatable bonds is 6. The average Bonchev–Trinajstić information content (AvgIpc) is 2.84. The molecule has 8 saturated carbocycles. The first-order valence-corrected chi connectivity index (χ1v) is 16.6.